The molecule has 59 heavy (non-hydrogen) atoms. The van der Waals surface area contributed by atoms with E-state index in [4.69, 9.17) is 24.3 Å². The van der Waals surface area contributed by atoms with E-state index >= 15 is 0 Å². The first kappa shape index (κ1) is 56.7. The van der Waals surface area contributed by atoms with Crippen LogP contribution in [0.4, 0.5) is 0 Å². The largest absolute Gasteiger partial charge is 0.472 e. The van der Waals surface area contributed by atoms with Crippen LogP contribution in [0, 0.1) is 0 Å². The fourth-order valence-electron chi connectivity index (χ4n) is 6.32. The second-order valence-electron chi connectivity index (χ2n) is 15.6. The number of phosphoric ester groups is 1. The van der Waals surface area contributed by atoms with Crippen molar-refractivity contribution in [1.29, 1.82) is 0 Å². The monoisotopic (exact) mass is 850 g/mol. The number of allylic oxidation sites excluding steroid dienone is 10. The number of carbonyl (C=O) groups is 2. The van der Waals surface area contributed by atoms with Crippen molar-refractivity contribution in [1.82, 2.24) is 0 Å². The van der Waals surface area contributed by atoms with E-state index in [2.05, 4.69) is 74.6 Å². The number of hydrogen-bond donors (Lipinski definition) is 2. The molecule has 10 heteroatoms. The average Bonchev–Trinajstić information content (AvgIpc) is 3.22. The van der Waals surface area contributed by atoms with Crippen LogP contribution in [-0.2, 0) is 32.7 Å². The van der Waals surface area contributed by atoms with Crippen molar-refractivity contribution in [3.63, 3.8) is 0 Å². The van der Waals surface area contributed by atoms with Crippen molar-refractivity contribution in [2.75, 3.05) is 26.4 Å². The molecule has 2 atom stereocenters. The molecule has 0 saturated heterocycles. The van der Waals surface area contributed by atoms with E-state index in [-0.39, 0.29) is 32.6 Å². The molecule has 0 spiro atoms. The maximum Gasteiger partial charge on any atom is 0.472 e. The predicted octanol–water partition coefficient (Wildman–Crippen LogP) is 14.1. The first-order chi connectivity index (χ1) is 28.8. The van der Waals surface area contributed by atoms with Gasteiger partial charge in [0.1, 0.15) is 6.61 Å². The van der Waals surface area contributed by atoms with Gasteiger partial charge in [-0.25, -0.2) is 4.57 Å². The molecule has 0 heterocycles. The third-order valence-corrected chi connectivity index (χ3v) is 10.9. The normalized spacial score (nSPS) is 13.8. The minimum absolute atomic E-state index is 0.0455. The molecule has 0 saturated carbocycles. The van der Waals surface area contributed by atoms with Gasteiger partial charge in [-0.2, -0.15) is 0 Å². The third-order valence-electron chi connectivity index (χ3n) is 9.88. The Hall–Kier alpha value is -2.29. The van der Waals surface area contributed by atoms with Gasteiger partial charge < -0.3 is 20.1 Å². The number of esters is 2. The molecule has 0 amide bonds. The fourth-order valence-corrected chi connectivity index (χ4v) is 7.08. The van der Waals surface area contributed by atoms with E-state index in [1.807, 2.05) is 0 Å². The van der Waals surface area contributed by atoms with E-state index in [1.54, 1.807) is 0 Å². The summed E-state index contributed by atoms with van der Waals surface area (Å²) in [6.07, 6.45) is 53.9. The van der Waals surface area contributed by atoms with E-state index < -0.39 is 32.5 Å². The van der Waals surface area contributed by atoms with Crippen LogP contribution in [0.2, 0.25) is 0 Å². The summed E-state index contributed by atoms with van der Waals surface area (Å²) in [6.45, 7) is 3.67. The molecule has 0 aliphatic carbocycles. The number of ether oxygens (including phenoxy) is 2. The van der Waals surface area contributed by atoms with Crippen molar-refractivity contribution in [3.05, 3.63) is 60.8 Å². The maximum atomic E-state index is 12.6. The van der Waals surface area contributed by atoms with E-state index in [9.17, 15) is 19.0 Å². The Morgan fingerprint density at radius 1 is 0.508 bits per heavy atom. The van der Waals surface area contributed by atoms with Crippen molar-refractivity contribution in [3.8, 4) is 0 Å². The first-order valence-corrected chi connectivity index (χ1v) is 25.3. The van der Waals surface area contributed by atoms with E-state index in [0.717, 1.165) is 57.8 Å². The molecular weight excluding hydrogens is 762 g/mol. The molecule has 0 aliphatic rings. The summed E-state index contributed by atoms with van der Waals surface area (Å²) in [6, 6.07) is 0. The zero-order valence-corrected chi connectivity index (χ0v) is 38.6. The Kier molecular flexibility index (Phi) is 43.5. The summed E-state index contributed by atoms with van der Waals surface area (Å²) < 4.78 is 32.8. The highest BCUT2D eigenvalue weighted by atomic mass is 31.2. The highest BCUT2D eigenvalue weighted by molar-refractivity contribution is 7.47. The Balaban J connectivity index is 4.17. The summed E-state index contributed by atoms with van der Waals surface area (Å²) in [5, 5.41) is 0. The van der Waals surface area contributed by atoms with Crippen LogP contribution in [0.5, 0.6) is 0 Å². The second kappa shape index (κ2) is 45.2. The van der Waals surface area contributed by atoms with Gasteiger partial charge in [0.15, 0.2) is 6.10 Å². The van der Waals surface area contributed by atoms with Gasteiger partial charge in [-0.15, -0.1) is 0 Å². The van der Waals surface area contributed by atoms with Crippen molar-refractivity contribution in [2.45, 2.75) is 213 Å². The lowest BCUT2D eigenvalue weighted by atomic mass is 10.1. The lowest BCUT2D eigenvalue weighted by Gasteiger charge is -2.19. The zero-order chi connectivity index (χ0) is 43.2. The molecule has 1 unspecified atom stereocenters. The predicted molar refractivity (Wildman–Crippen MR) is 247 cm³/mol. The Morgan fingerprint density at radius 3 is 1.37 bits per heavy atom. The minimum atomic E-state index is -4.39. The molecule has 0 bridgehead atoms. The van der Waals surface area contributed by atoms with Gasteiger partial charge >= 0.3 is 19.8 Å². The smallest absolute Gasteiger partial charge is 0.462 e. The van der Waals surface area contributed by atoms with Crippen molar-refractivity contribution in [2.24, 2.45) is 5.73 Å². The summed E-state index contributed by atoms with van der Waals surface area (Å²) in [5.74, 6) is -0.867. The summed E-state index contributed by atoms with van der Waals surface area (Å²) in [7, 11) is -4.39. The van der Waals surface area contributed by atoms with Gasteiger partial charge in [-0.05, 0) is 83.5 Å². The maximum absolute atomic E-state index is 12.6. The molecule has 0 fully saturated rings. The lowest BCUT2D eigenvalue weighted by Crippen LogP contribution is -2.29. The quantitative estimate of drug-likeness (QED) is 0.0266. The number of carbonyl (C=O) groups excluding carboxylic acids is 2. The van der Waals surface area contributed by atoms with Crippen LogP contribution in [0.15, 0.2) is 60.8 Å². The van der Waals surface area contributed by atoms with Crippen LogP contribution in [0.1, 0.15) is 206 Å². The Labute approximate surface area is 361 Å². The van der Waals surface area contributed by atoms with Gasteiger partial charge in [-0.3, -0.25) is 18.6 Å². The lowest BCUT2D eigenvalue weighted by molar-refractivity contribution is -0.161. The number of phosphoric acid groups is 1. The van der Waals surface area contributed by atoms with Crippen LogP contribution in [0.25, 0.3) is 0 Å². The number of hydrogen-bond acceptors (Lipinski definition) is 8. The highest BCUT2D eigenvalue weighted by Crippen LogP contribution is 2.43. The van der Waals surface area contributed by atoms with Gasteiger partial charge in [-0.1, -0.05) is 171 Å². The molecule has 0 aliphatic heterocycles. The topological polar surface area (TPSA) is 134 Å². The Morgan fingerprint density at radius 2 is 0.881 bits per heavy atom. The molecule has 342 valence electrons. The number of unbranched alkanes of at least 4 members (excludes halogenated alkanes) is 21. The van der Waals surface area contributed by atoms with Gasteiger partial charge in [0.25, 0.3) is 0 Å². The number of nitrogens with two attached hydrogens (primary N) is 1. The first-order valence-electron chi connectivity index (χ1n) is 23.8. The standard InChI is InChI=1S/C49H88NO8P/c1-3-5-7-9-11-13-15-17-19-21-23-25-27-29-31-33-35-37-39-41-48(51)55-45-47(46-57-59(53,54)56-44-43-50)58-49(52)42-40-38-36-34-32-30-28-26-24-22-20-18-16-14-12-10-8-6-4-2/h12,14,17-20,24,26,30,32,47H,3-11,13,15-16,21-23,25,27-29,31,33-46,50H2,1-2H3,(H,53,54)/b14-12-,19-17-,20-18-,26-24-,32-30-/t47-/m1/s1. The SMILES string of the molecule is CCCCC/C=C\C/C=C\C/C=C\C/C=C\CCCCCC(=O)O[C@H](COC(=O)CCCCCCCCCCC/C=C\CCCCCCCC)COP(=O)(O)OCCN. The molecule has 0 rings (SSSR count). The molecule has 0 radical (unpaired) electrons. The molecule has 0 aromatic heterocycles. The fraction of sp³-hybridized carbons (Fsp3) is 0.755. The molecular formula is C49H88NO8P. The second-order valence-corrected chi connectivity index (χ2v) is 17.1. The van der Waals surface area contributed by atoms with Crippen LogP contribution in [0.3, 0.4) is 0 Å². The molecule has 3 N–H and O–H groups in total. The summed E-state index contributed by atoms with van der Waals surface area (Å²) >= 11 is 0. The van der Waals surface area contributed by atoms with Gasteiger partial charge in [0.05, 0.1) is 13.2 Å². The number of rotatable bonds is 44. The van der Waals surface area contributed by atoms with Crippen molar-refractivity contribution < 1.29 is 37.6 Å². The minimum Gasteiger partial charge on any atom is -0.462 e. The highest BCUT2D eigenvalue weighted by Gasteiger charge is 2.26. The van der Waals surface area contributed by atoms with Crippen LogP contribution >= 0.6 is 7.82 Å². The van der Waals surface area contributed by atoms with Crippen LogP contribution < -0.4 is 5.73 Å². The van der Waals surface area contributed by atoms with E-state index in [0.29, 0.717) is 6.42 Å². The van der Waals surface area contributed by atoms with E-state index in [1.165, 1.54) is 116 Å². The van der Waals surface area contributed by atoms with Gasteiger partial charge in [0, 0.05) is 19.4 Å². The summed E-state index contributed by atoms with van der Waals surface area (Å²) in [4.78, 5) is 35.0. The Bertz CT molecular complexity index is 1150. The third kappa shape index (κ3) is 45.1. The van der Waals surface area contributed by atoms with Crippen molar-refractivity contribution >= 4 is 19.8 Å². The van der Waals surface area contributed by atoms with Crippen LogP contribution in [-0.4, -0.2) is 49.3 Å². The molecule has 0 aromatic carbocycles. The zero-order valence-electron chi connectivity index (χ0n) is 37.7. The molecule has 9 nitrogen and oxygen atoms in total. The average molecular weight is 850 g/mol. The molecule has 0 aromatic rings. The van der Waals surface area contributed by atoms with Gasteiger partial charge in [0.2, 0.25) is 0 Å². The summed E-state index contributed by atoms with van der Waals surface area (Å²) in [5.41, 5.74) is 5.35.